The summed E-state index contributed by atoms with van der Waals surface area (Å²) in [6.07, 6.45) is 1.74. The fraction of sp³-hybridized carbons (Fsp3) is 0.390. The molecule has 4 aromatic rings. The second-order valence-corrected chi connectivity index (χ2v) is 13.7. The zero-order valence-corrected chi connectivity index (χ0v) is 31.1. The standard InChI is InChI=1S/C41H51N5O7/c1-27-24-46(28(2)26-47)39(48)35-23-32(43-40(49)42-31-16-19-33(51-5)20-17-31)18-21-37(35)53-29(3)11-8-9-22-52-38(27)25-45(4)41(50)44-36-15-10-13-30-12-6-7-14-34(30)36/h6-7,10,12-21,23,27-29,38,47H,8-9,11,22,24-26H2,1-5H3,(H,44,50)(H2,42,43,49)/t27-,28+,29+,38+/m0/s1. The summed E-state index contributed by atoms with van der Waals surface area (Å²) in [5.74, 6) is 0.459. The van der Waals surface area contributed by atoms with Gasteiger partial charge in [-0.25, -0.2) is 9.59 Å². The molecule has 0 saturated heterocycles. The minimum absolute atomic E-state index is 0.205. The molecule has 1 aliphatic heterocycles. The van der Waals surface area contributed by atoms with Crippen LogP contribution in [0.25, 0.3) is 10.8 Å². The number of rotatable bonds is 8. The van der Waals surface area contributed by atoms with Crippen molar-refractivity contribution in [3.63, 3.8) is 0 Å². The van der Waals surface area contributed by atoms with E-state index in [9.17, 15) is 19.5 Å². The molecule has 0 radical (unpaired) electrons. The molecule has 53 heavy (non-hydrogen) atoms. The number of benzene rings is 4. The SMILES string of the molecule is COc1ccc(NC(=O)Nc2ccc3c(c2)C(=O)N([C@H](C)CO)C[C@H](C)[C@@H](CN(C)C(=O)Nc2cccc4ccccc24)OCCCC[C@@H](C)O3)cc1. The largest absolute Gasteiger partial charge is 0.497 e. The molecule has 0 bridgehead atoms. The lowest BCUT2D eigenvalue weighted by molar-refractivity contribution is -0.0115. The van der Waals surface area contributed by atoms with Gasteiger partial charge in [0.25, 0.3) is 5.91 Å². The van der Waals surface area contributed by atoms with E-state index in [2.05, 4.69) is 16.0 Å². The van der Waals surface area contributed by atoms with E-state index in [1.54, 1.807) is 73.3 Å². The second-order valence-electron chi connectivity index (χ2n) is 13.7. The number of hydrogen-bond acceptors (Lipinski definition) is 7. The van der Waals surface area contributed by atoms with Gasteiger partial charge >= 0.3 is 12.1 Å². The van der Waals surface area contributed by atoms with Crippen LogP contribution in [-0.4, -0.2) is 91.6 Å². The highest BCUT2D eigenvalue weighted by Crippen LogP contribution is 2.29. The van der Waals surface area contributed by atoms with Gasteiger partial charge in [0.15, 0.2) is 0 Å². The Kier molecular flexibility index (Phi) is 13.5. The molecule has 1 heterocycles. The van der Waals surface area contributed by atoms with Crippen molar-refractivity contribution < 1.29 is 33.7 Å². The van der Waals surface area contributed by atoms with E-state index in [-0.39, 0.29) is 49.2 Å². The topological polar surface area (TPSA) is 142 Å². The zero-order chi connectivity index (χ0) is 37.9. The molecule has 12 nitrogen and oxygen atoms in total. The van der Waals surface area contributed by atoms with Crippen LogP contribution in [0.1, 0.15) is 50.4 Å². The van der Waals surface area contributed by atoms with Crippen molar-refractivity contribution in [1.82, 2.24) is 9.80 Å². The van der Waals surface area contributed by atoms with Gasteiger partial charge in [0.2, 0.25) is 0 Å². The van der Waals surface area contributed by atoms with E-state index in [1.165, 1.54) is 0 Å². The number of anilines is 3. The van der Waals surface area contributed by atoms with Gasteiger partial charge in [0, 0.05) is 49.4 Å². The molecule has 4 aromatic carbocycles. The van der Waals surface area contributed by atoms with E-state index in [4.69, 9.17) is 14.2 Å². The van der Waals surface area contributed by atoms with Gasteiger partial charge in [0.1, 0.15) is 11.5 Å². The van der Waals surface area contributed by atoms with E-state index in [0.717, 1.165) is 35.7 Å². The first kappa shape index (κ1) is 38.9. The first-order valence-electron chi connectivity index (χ1n) is 18.1. The number of carbonyl (C=O) groups excluding carboxylic acids is 3. The highest BCUT2D eigenvalue weighted by Gasteiger charge is 2.31. The number of hydrogen-bond donors (Lipinski definition) is 4. The van der Waals surface area contributed by atoms with Gasteiger partial charge in [-0.15, -0.1) is 0 Å². The van der Waals surface area contributed by atoms with Crippen molar-refractivity contribution in [2.45, 2.75) is 58.3 Å². The van der Waals surface area contributed by atoms with Gasteiger partial charge in [0.05, 0.1) is 43.2 Å². The van der Waals surface area contributed by atoms with Crippen LogP contribution in [-0.2, 0) is 4.74 Å². The zero-order valence-electron chi connectivity index (χ0n) is 31.1. The molecular weight excluding hydrogens is 674 g/mol. The molecule has 4 N–H and O–H groups in total. The quantitative estimate of drug-likeness (QED) is 0.148. The number of likely N-dealkylation sites (N-methyl/N-ethyl adjacent to an activating group) is 1. The number of amides is 5. The van der Waals surface area contributed by atoms with Crippen LogP contribution < -0.4 is 25.4 Å². The minimum Gasteiger partial charge on any atom is -0.497 e. The molecule has 1 aliphatic rings. The van der Waals surface area contributed by atoms with Crippen molar-refractivity contribution in [2.75, 3.05) is 56.4 Å². The van der Waals surface area contributed by atoms with Crippen LogP contribution in [0.4, 0.5) is 26.7 Å². The van der Waals surface area contributed by atoms with E-state index >= 15 is 0 Å². The summed E-state index contributed by atoms with van der Waals surface area (Å²) in [5, 5.41) is 20.9. The van der Waals surface area contributed by atoms with Crippen molar-refractivity contribution >= 4 is 45.8 Å². The summed E-state index contributed by atoms with van der Waals surface area (Å²) >= 11 is 0. The molecular formula is C41H51N5O7. The number of methoxy groups -OCH3 is 1. The summed E-state index contributed by atoms with van der Waals surface area (Å²) in [5.41, 5.74) is 1.94. The number of urea groups is 2. The molecule has 0 spiro atoms. The Balaban J connectivity index is 1.36. The number of ether oxygens (including phenoxy) is 3. The molecule has 0 fully saturated rings. The Morgan fingerprint density at radius 2 is 1.68 bits per heavy atom. The third kappa shape index (κ3) is 10.4. The van der Waals surface area contributed by atoms with Crippen LogP contribution >= 0.6 is 0 Å². The van der Waals surface area contributed by atoms with Gasteiger partial charge in [-0.05, 0) is 87.0 Å². The molecule has 5 rings (SSSR count). The van der Waals surface area contributed by atoms with Gasteiger partial charge < -0.3 is 45.1 Å². The lowest BCUT2D eigenvalue weighted by Crippen LogP contribution is -2.48. The van der Waals surface area contributed by atoms with E-state index in [1.807, 2.05) is 56.3 Å². The maximum Gasteiger partial charge on any atom is 0.323 e. The van der Waals surface area contributed by atoms with Crippen molar-refractivity contribution in [2.24, 2.45) is 5.92 Å². The first-order chi connectivity index (χ1) is 25.6. The number of nitrogens with zero attached hydrogens (tertiary/aromatic N) is 2. The van der Waals surface area contributed by atoms with E-state index in [0.29, 0.717) is 29.5 Å². The molecule has 12 heteroatoms. The molecule has 4 atom stereocenters. The van der Waals surface area contributed by atoms with Gasteiger partial charge in [-0.3, -0.25) is 4.79 Å². The fourth-order valence-corrected chi connectivity index (χ4v) is 6.33. The first-order valence-corrected chi connectivity index (χ1v) is 18.1. The third-order valence-electron chi connectivity index (χ3n) is 9.49. The normalized spacial score (nSPS) is 18.9. The number of nitrogens with one attached hydrogen (secondary N) is 3. The Morgan fingerprint density at radius 3 is 2.43 bits per heavy atom. The van der Waals surface area contributed by atoms with Gasteiger partial charge in [-0.1, -0.05) is 43.3 Å². The van der Waals surface area contributed by atoms with Crippen LogP contribution in [0.2, 0.25) is 0 Å². The highest BCUT2D eigenvalue weighted by molar-refractivity contribution is 6.03. The number of carbonyl (C=O) groups is 3. The third-order valence-corrected chi connectivity index (χ3v) is 9.49. The average Bonchev–Trinajstić information content (AvgIpc) is 3.16. The number of fused-ring (bicyclic) bond motifs is 2. The molecule has 282 valence electrons. The highest BCUT2D eigenvalue weighted by atomic mass is 16.5. The van der Waals surface area contributed by atoms with Crippen LogP contribution in [0, 0.1) is 5.92 Å². The summed E-state index contributed by atoms with van der Waals surface area (Å²) < 4.78 is 17.9. The lowest BCUT2D eigenvalue weighted by Gasteiger charge is -2.35. The monoisotopic (exact) mass is 725 g/mol. The molecule has 0 saturated carbocycles. The maximum atomic E-state index is 14.5. The second kappa shape index (κ2) is 18.4. The fourth-order valence-electron chi connectivity index (χ4n) is 6.33. The smallest absolute Gasteiger partial charge is 0.323 e. The van der Waals surface area contributed by atoms with Crippen LogP contribution in [0.3, 0.4) is 0 Å². The van der Waals surface area contributed by atoms with Crippen LogP contribution in [0.5, 0.6) is 11.5 Å². The molecule has 0 aromatic heterocycles. The Hall–Kier alpha value is -5.33. The van der Waals surface area contributed by atoms with Gasteiger partial charge in [-0.2, -0.15) is 0 Å². The lowest BCUT2D eigenvalue weighted by atomic mass is 10.0. The Morgan fingerprint density at radius 1 is 0.962 bits per heavy atom. The predicted molar refractivity (Wildman–Crippen MR) is 208 cm³/mol. The molecule has 0 aliphatic carbocycles. The summed E-state index contributed by atoms with van der Waals surface area (Å²) in [6, 6.07) is 24.3. The predicted octanol–water partition coefficient (Wildman–Crippen LogP) is 7.45. The number of aliphatic hydroxyl groups excluding tert-OH is 1. The Bertz CT molecular complexity index is 1850. The maximum absolute atomic E-state index is 14.5. The summed E-state index contributed by atoms with van der Waals surface area (Å²) in [7, 11) is 3.30. The average molecular weight is 726 g/mol. The Labute approximate surface area is 311 Å². The van der Waals surface area contributed by atoms with Crippen LogP contribution in [0.15, 0.2) is 84.9 Å². The van der Waals surface area contributed by atoms with E-state index < -0.39 is 18.2 Å². The summed E-state index contributed by atoms with van der Waals surface area (Å²) in [4.78, 5) is 44.1. The summed E-state index contributed by atoms with van der Waals surface area (Å²) in [6.45, 7) is 6.44. The molecule has 0 unspecified atom stereocenters. The van der Waals surface area contributed by atoms with Crippen molar-refractivity contribution in [3.05, 3.63) is 90.5 Å². The molecule has 5 amide bonds. The minimum atomic E-state index is -0.550. The van der Waals surface area contributed by atoms with Crippen molar-refractivity contribution in [3.8, 4) is 11.5 Å². The number of aliphatic hydroxyl groups is 1. The van der Waals surface area contributed by atoms with Crippen molar-refractivity contribution in [1.29, 1.82) is 0 Å².